The molecule has 0 saturated carbocycles. The summed E-state index contributed by atoms with van der Waals surface area (Å²) in [4.78, 5) is 26.0. The number of phenols is 1. The number of carbonyl (C=O) groups excluding carboxylic acids is 2. The lowest BCUT2D eigenvalue weighted by molar-refractivity contribution is -0.117. The molecule has 1 aliphatic heterocycles. The maximum atomic E-state index is 12.6. The Bertz CT molecular complexity index is 852. The first-order valence-electron chi connectivity index (χ1n) is 7.53. The van der Waals surface area contributed by atoms with E-state index >= 15 is 0 Å². The van der Waals surface area contributed by atoms with Gasteiger partial charge in [-0.05, 0) is 43.7 Å². The number of hydrogen-bond donors (Lipinski definition) is 2. The number of amides is 1. The molecule has 2 N–H and O–H groups in total. The van der Waals surface area contributed by atoms with Crippen molar-refractivity contribution < 1.29 is 19.8 Å². The van der Waals surface area contributed by atoms with Crippen LogP contribution in [0.15, 0.2) is 59.9 Å². The normalized spacial score (nSPS) is 17.5. The number of hydrogen-bond acceptors (Lipinski definition) is 4. The van der Waals surface area contributed by atoms with E-state index in [-0.39, 0.29) is 17.1 Å². The first-order valence-corrected chi connectivity index (χ1v) is 7.53. The second-order valence-electron chi connectivity index (χ2n) is 5.83. The number of benzene rings is 2. The van der Waals surface area contributed by atoms with Crippen molar-refractivity contribution in [3.63, 3.8) is 0 Å². The zero-order valence-corrected chi connectivity index (χ0v) is 13.4. The third kappa shape index (κ3) is 2.54. The Morgan fingerprint density at radius 2 is 1.75 bits per heavy atom. The Kier molecular flexibility index (Phi) is 3.85. The Morgan fingerprint density at radius 3 is 2.33 bits per heavy atom. The van der Waals surface area contributed by atoms with Gasteiger partial charge in [-0.1, -0.05) is 29.8 Å². The van der Waals surface area contributed by atoms with Crippen molar-refractivity contribution in [2.24, 2.45) is 0 Å². The van der Waals surface area contributed by atoms with Crippen molar-refractivity contribution in [2.45, 2.75) is 19.9 Å². The molecule has 5 nitrogen and oxygen atoms in total. The van der Waals surface area contributed by atoms with Gasteiger partial charge in [0.1, 0.15) is 5.75 Å². The molecule has 0 aromatic heterocycles. The molecular formula is C19H17NO4. The monoisotopic (exact) mass is 323 g/mol. The molecule has 0 saturated heterocycles. The number of rotatable bonds is 3. The molecule has 0 unspecified atom stereocenters. The van der Waals surface area contributed by atoms with Crippen molar-refractivity contribution in [1.29, 1.82) is 0 Å². The van der Waals surface area contributed by atoms with E-state index in [0.29, 0.717) is 11.3 Å². The minimum Gasteiger partial charge on any atom is -0.508 e. The summed E-state index contributed by atoms with van der Waals surface area (Å²) >= 11 is 0. The molecule has 122 valence electrons. The summed E-state index contributed by atoms with van der Waals surface area (Å²) in [5.74, 6) is -1.53. The second-order valence-corrected chi connectivity index (χ2v) is 5.83. The van der Waals surface area contributed by atoms with Gasteiger partial charge in [0.25, 0.3) is 5.91 Å². The van der Waals surface area contributed by atoms with Crippen molar-refractivity contribution in [2.75, 3.05) is 4.90 Å². The molecule has 24 heavy (non-hydrogen) atoms. The van der Waals surface area contributed by atoms with Crippen LogP contribution in [0.25, 0.3) is 0 Å². The van der Waals surface area contributed by atoms with E-state index in [1.807, 2.05) is 19.1 Å². The fraction of sp³-hybridized carbons (Fsp3) is 0.158. The van der Waals surface area contributed by atoms with Crippen LogP contribution in [-0.4, -0.2) is 21.9 Å². The van der Waals surface area contributed by atoms with Gasteiger partial charge >= 0.3 is 0 Å². The third-order valence-corrected chi connectivity index (χ3v) is 4.09. The first kappa shape index (κ1) is 15.8. The summed E-state index contributed by atoms with van der Waals surface area (Å²) in [6, 6.07) is 12.8. The number of phenolic OH excluding ortho intramolecular Hbond substituents is 1. The number of aryl methyl sites for hydroxylation is 1. The first-order chi connectivity index (χ1) is 11.4. The zero-order valence-electron chi connectivity index (χ0n) is 13.4. The number of aliphatic hydroxyl groups is 1. The highest BCUT2D eigenvalue weighted by molar-refractivity contribution is 6.16. The van der Waals surface area contributed by atoms with Crippen molar-refractivity contribution in [3.8, 4) is 5.75 Å². The van der Waals surface area contributed by atoms with Crippen LogP contribution >= 0.6 is 0 Å². The van der Waals surface area contributed by atoms with Crippen molar-refractivity contribution in [1.82, 2.24) is 0 Å². The summed E-state index contributed by atoms with van der Waals surface area (Å²) in [5, 5.41) is 20.0. The van der Waals surface area contributed by atoms with E-state index in [4.69, 9.17) is 0 Å². The third-order valence-electron chi connectivity index (χ3n) is 4.09. The molecule has 0 radical (unpaired) electrons. The minimum atomic E-state index is -0.773. The topological polar surface area (TPSA) is 77.8 Å². The van der Waals surface area contributed by atoms with Gasteiger partial charge in [-0.15, -0.1) is 0 Å². The van der Waals surface area contributed by atoms with Crippen LogP contribution in [-0.2, 0) is 9.59 Å². The van der Waals surface area contributed by atoms with E-state index < -0.39 is 17.7 Å². The molecule has 3 rings (SSSR count). The average Bonchev–Trinajstić information content (AvgIpc) is 2.80. The summed E-state index contributed by atoms with van der Waals surface area (Å²) in [6.07, 6.45) is 0. The number of anilines is 1. The van der Waals surface area contributed by atoms with E-state index in [9.17, 15) is 19.8 Å². The van der Waals surface area contributed by atoms with Crippen LogP contribution in [0.5, 0.6) is 5.75 Å². The van der Waals surface area contributed by atoms with E-state index in [1.165, 1.54) is 24.0 Å². The Morgan fingerprint density at radius 1 is 1.08 bits per heavy atom. The standard InChI is InChI=1S/C19H17NO4/c1-11-6-8-14(9-7-11)20-17(13-4-3-5-15(22)10-13)16(12(2)21)18(23)19(20)24/h3-10,17,22-23H,1-2H3/t17-/m1/s1. The van der Waals surface area contributed by atoms with E-state index in [0.717, 1.165) is 5.56 Å². The highest BCUT2D eigenvalue weighted by atomic mass is 16.3. The summed E-state index contributed by atoms with van der Waals surface area (Å²) in [6.45, 7) is 3.24. The molecule has 2 aromatic rings. The number of nitrogens with zero attached hydrogens (tertiary/aromatic N) is 1. The van der Waals surface area contributed by atoms with E-state index in [1.54, 1.807) is 24.3 Å². The van der Waals surface area contributed by atoms with Crippen LogP contribution < -0.4 is 4.90 Å². The molecule has 0 fully saturated rings. The quantitative estimate of drug-likeness (QED) is 0.909. The van der Waals surface area contributed by atoms with Gasteiger partial charge in [0.05, 0.1) is 11.6 Å². The largest absolute Gasteiger partial charge is 0.508 e. The SMILES string of the molecule is CC(=O)C1=C(O)C(=O)N(c2ccc(C)cc2)[C@@H]1c1cccc(O)c1. The van der Waals surface area contributed by atoms with Crippen molar-refractivity contribution >= 4 is 17.4 Å². The van der Waals surface area contributed by atoms with Crippen molar-refractivity contribution in [3.05, 3.63) is 71.0 Å². The Balaban J connectivity index is 2.18. The number of aromatic hydroxyl groups is 1. The number of aliphatic hydroxyl groups excluding tert-OH is 1. The summed E-state index contributed by atoms with van der Waals surface area (Å²) in [5.41, 5.74) is 2.19. The predicted octanol–water partition coefficient (Wildman–Crippen LogP) is 3.19. The van der Waals surface area contributed by atoms with Gasteiger partial charge in [0.15, 0.2) is 11.5 Å². The summed E-state index contributed by atoms with van der Waals surface area (Å²) < 4.78 is 0. The minimum absolute atomic E-state index is 0.0260. The van der Waals surface area contributed by atoms with E-state index in [2.05, 4.69) is 0 Å². The fourth-order valence-electron chi connectivity index (χ4n) is 2.95. The van der Waals surface area contributed by atoms with Crippen LogP contribution in [0.3, 0.4) is 0 Å². The Labute approximate surface area is 139 Å². The van der Waals surface area contributed by atoms with Gasteiger partial charge in [-0.25, -0.2) is 0 Å². The lowest BCUT2D eigenvalue weighted by Crippen LogP contribution is -2.30. The van der Waals surface area contributed by atoms with Gasteiger partial charge in [-0.3, -0.25) is 14.5 Å². The van der Waals surface area contributed by atoms with Crippen LogP contribution in [0.1, 0.15) is 24.1 Å². The summed E-state index contributed by atoms with van der Waals surface area (Å²) in [7, 11) is 0. The van der Waals surface area contributed by atoms with Gasteiger partial charge in [0, 0.05) is 5.69 Å². The molecule has 0 spiro atoms. The highest BCUT2D eigenvalue weighted by Crippen LogP contribution is 2.41. The van der Waals surface area contributed by atoms with Gasteiger partial charge < -0.3 is 10.2 Å². The lowest BCUT2D eigenvalue weighted by Gasteiger charge is -2.26. The molecular weight excluding hydrogens is 306 g/mol. The zero-order chi connectivity index (χ0) is 17.4. The second kappa shape index (κ2) is 5.85. The molecule has 1 heterocycles. The number of ketones is 1. The Hall–Kier alpha value is -3.08. The van der Waals surface area contributed by atoms with Crippen LogP contribution in [0.4, 0.5) is 5.69 Å². The predicted molar refractivity (Wildman–Crippen MR) is 89.8 cm³/mol. The highest BCUT2D eigenvalue weighted by Gasteiger charge is 2.43. The molecule has 1 aliphatic rings. The molecule has 2 aromatic carbocycles. The molecule has 0 bridgehead atoms. The van der Waals surface area contributed by atoms with Crippen LogP contribution in [0, 0.1) is 6.92 Å². The maximum absolute atomic E-state index is 12.6. The smallest absolute Gasteiger partial charge is 0.294 e. The molecule has 5 heteroatoms. The van der Waals surface area contributed by atoms with Crippen LogP contribution in [0.2, 0.25) is 0 Å². The maximum Gasteiger partial charge on any atom is 0.294 e. The fourth-order valence-corrected chi connectivity index (χ4v) is 2.95. The lowest BCUT2D eigenvalue weighted by atomic mass is 9.96. The van der Waals surface area contributed by atoms with Gasteiger partial charge in [0.2, 0.25) is 0 Å². The number of Topliss-reactive ketones (excluding diaryl/α,β-unsaturated/α-hetero) is 1. The van der Waals surface area contributed by atoms with Gasteiger partial charge in [-0.2, -0.15) is 0 Å². The molecule has 0 aliphatic carbocycles. The molecule has 1 atom stereocenters. The average molecular weight is 323 g/mol. The molecule has 1 amide bonds. The number of carbonyl (C=O) groups is 2.